The van der Waals surface area contributed by atoms with Gasteiger partial charge in [-0.2, -0.15) is 0 Å². The van der Waals surface area contributed by atoms with E-state index in [-0.39, 0.29) is 0 Å². The molecule has 0 aromatic rings. The first kappa shape index (κ1) is 8.06. The second-order valence-electron chi connectivity index (χ2n) is 3.47. The Balaban J connectivity index is 2.14. The van der Waals surface area contributed by atoms with Gasteiger partial charge in [-0.3, -0.25) is 0 Å². The van der Waals surface area contributed by atoms with E-state index in [4.69, 9.17) is 0 Å². The van der Waals surface area contributed by atoms with E-state index >= 15 is 0 Å². The summed E-state index contributed by atoms with van der Waals surface area (Å²) in [5.74, 6) is 0.923. The molecule has 1 heteroatoms. The molecule has 0 bridgehead atoms. The van der Waals surface area contributed by atoms with Gasteiger partial charge in [0.05, 0.1) is 0 Å². The molecule has 1 rings (SSSR count). The second kappa shape index (κ2) is 3.97. The smallest absolute Gasteiger partial charge is 0.00926 e. The highest BCUT2D eigenvalue weighted by atomic mass is 14.9. The zero-order valence-electron chi connectivity index (χ0n) is 7.19. The molecule has 0 radical (unpaired) electrons. The predicted octanol–water partition coefficient (Wildman–Crippen LogP) is 2.17. The summed E-state index contributed by atoms with van der Waals surface area (Å²) in [6.07, 6.45) is 5.54. The summed E-state index contributed by atoms with van der Waals surface area (Å²) >= 11 is 0. The Labute approximate surface area is 64.2 Å². The monoisotopic (exact) mass is 141 g/mol. The van der Waals surface area contributed by atoms with Gasteiger partial charge < -0.3 is 5.32 Å². The minimum Gasteiger partial charge on any atom is -0.314 e. The topological polar surface area (TPSA) is 12.0 Å². The van der Waals surface area contributed by atoms with E-state index < -0.39 is 0 Å². The maximum atomic E-state index is 3.58. The summed E-state index contributed by atoms with van der Waals surface area (Å²) in [6, 6.07) is 0.833. The van der Waals surface area contributed by atoms with Crippen molar-refractivity contribution >= 4 is 0 Å². The van der Waals surface area contributed by atoms with Gasteiger partial charge in [0.2, 0.25) is 0 Å². The molecule has 0 aromatic heterocycles. The lowest BCUT2D eigenvalue weighted by Gasteiger charge is -2.16. The van der Waals surface area contributed by atoms with Crippen molar-refractivity contribution < 1.29 is 0 Å². The second-order valence-corrected chi connectivity index (χ2v) is 3.47. The Bertz CT molecular complexity index is 90.7. The standard InChI is InChI=1S/C9H19N/c1-3-7-10-9-6-4-5-8(9)2/h8-10H,3-7H2,1-2H3/t8-,9-/m1/s1. The largest absolute Gasteiger partial charge is 0.314 e. The van der Waals surface area contributed by atoms with Crippen LogP contribution in [0.5, 0.6) is 0 Å². The highest BCUT2D eigenvalue weighted by Gasteiger charge is 2.21. The van der Waals surface area contributed by atoms with Crippen molar-refractivity contribution in [3.63, 3.8) is 0 Å². The zero-order chi connectivity index (χ0) is 7.40. The summed E-state index contributed by atoms with van der Waals surface area (Å²) in [5.41, 5.74) is 0. The minimum absolute atomic E-state index is 0.833. The Hall–Kier alpha value is -0.0400. The van der Waals surface area contributed by atoms with Crippen molar-refractivity contribution in [2.24, 2.45) is 5.92 Å². The normalized spacial score (nSPS) is 33.0. The van der Waals surface area contributed by atoms with Crippen LogP contribution in [-0.4, -0.2) is 12.6 Å². The Morgan fingerprint density at radius 1 is 1.40 bits per heavy atom. The number of hydrogen-bond acceptors (Lipinski definition) is 1. The molecule has 0 heterocycles. The fraction of sp³-hybridized carbons (Fsp3) is 1.00. The molecule has 0 saturated heterocycles. The fourth-order valence-electron chi connectivity index (χ4n) is 1.78. The first-order valence-corrected chi connectivity index (χ1v) is 4.58. The molecule has 1 fully saturated rings. The summed E-state index contributed by atoms with van der Waals surface area (Å²) in [6.45, 7) is 5.79. The summed E-state index contributed by atoms with van der Waals surface area (Å²) in [4.78, 5) is 0. The van der Waals surface area contributed by atoms with E-state index in [1.165, 1.54) is 32.2 Å². The third-order valence-electron chi connectivity index (χ3n) is 2.52. The molecule has 0 amide bonds. The number of nitrogens with one attached hydrogen (secondary N) is 1. The van der Waals surface area contributed by atoms with E-state index in [9.17, 15) is 0 Å². The van der Waals surface area contributed by atoms with Crippen molar-refractivity contribution in [3.8, 4) is 0 Å². The van der Waals surface area contributed by atoms with Gasteiger partial charge in [-0.05, 0) is 31.7 Å². The van der Waals surface area contributed by atoms with Gasteiger partial charge in [-0.25, -0.2) is 0 Å². The van der Waals surface area contributed by atoms with Gasteiger partial charge >= 0.3 is 0 Å². The van der Waals surface area contributed by atoms with Crippen LogP contribution in [-0.2, 0) is 0 Å². The minimum atomic E-state index is 0.833. The molecule has 10 heavy (non-hydrogen) atoms. The molecule has 1 saturated carbocycles. The quantitative estimate of drug-likeness (QED) is 0.635. The van der Waals surface area contributed by atoms with Crippen LogP contribution in [0, 0.1) is 5.92 Å². The van der Waals surface area contributed by atoms with Gasteiger partial charge in [-0.15, -0.1) is 0 Å². The zero-order valence-corrected chi connectivity index (χ0v) is 7.19. The summed E-state index contributed by atoms with van der Waals surface area (Å²) < 4.78 is 0. The highest BCUT2D eigenvalue weighted by molar-refractivity contribution is 4.79. The molecule has 1 aliphatic carbocycles. The van der Waals surface area contributed by atoms with E-state index in [1.54, 1.807) is 0 Å². The Kier molecular flexibility index (Phi) is 3.20. The van der Waals surface area contributed by atoms with Crippen LogP contribution < -0.4 is 5.32 Å². The average molecular weight is 141 g/mol. The maximum absolute atomic E-state index is 3.58. The Morgan fingerprint density at radius 3 is 2.70 bits per heavy atom. The van der Waals surface area contributed by atoms with Crippen molar-refractivity contribution in [3.05, 3.63) is 0 Å². The first-order chi connectivity index (χ1) is 4.84. The van der Waals surface area contributed by atoms with E-state index in [0.29, 0.717) is 0 Å². The summed E-state index contributed by atoms with van der Waals surface area (Å²) in [5, 5.41) is 3.58. The molecular formula is C9H19N. The van der Waals surface area contributed by atoms with E-state index in [1.807, 2.05) is 0 Å². The summed E-state index contributed by atoms with van der Waals surface area (Å²) in [7, 11) is 0. The number of rotatable bonds is 3. The first-order valence-electron chi connectivity index (χ1n) is 4.58. The van der Waals surface area contributed by atoms with Crippen molar-refractivity contribution in [2.45, 2.75) is 45.6 Å². The Morgan fingerprint density at radius 2 is 2.20 bits per heavy atom. The van der Waals surface area contributed by atoms with Crippen LogP contribution in [0.25, 0.3) is 0 Å². The van der Waals surface area contributed by atoms with Crippen molar-refractivity contribution in [2.75, 3.05) is 6.54 Å². The van der Waals surface area contributed by atoms with Gasteiger partial charge in [0.1, 0.15) is 0 Å². The third-order valence-corrected chi connectivity index (χ3v) is 2.52. The SMILES string of the molecule is CCCN[C@@H]1CCC[C@H]1C. The molecule has 2 atom stereocenters. The lowest BCUT2D eigenvalue weighted by Crippen LogP contribution is -2.31. The fourth-order valence-corrected chi connectivity index (χ4v) is 1.78. The molecule has 0 aliphatic heterocycles. The van der Waals surface area contributed by atoms with Gasteiger partial charge in [0.25, 0.3) is 0 Å². The highest BCUT2D eigenvalue weighted by Crippen LogP contribution is 2.24. The van der Waals surface area contributed by atoms with Crippen LogP contribution in [0.1, 0.15) is 39.5 Å². The van der Waals surface area contributed by atoms with E-state index in [2.05, 4.69) is 19.2 Å². The molecular weight excluding hydrogens is 122 g/mol. The van der Waals surface area contributed by atoms with Gasteiger partial charge in [0, 0.05) is 6.04 Å². The van der Waals surface area contributed by atoms with Crippen LogP contribution >= 0.6 is 0 Å². The van der Waals surface area contributed by atoms with Crippen LogP contribution in [0.15, 0.2) is 0 Å². The molecule has 1 N–H and O–H groups in total. The van der Waals surface area contributed by atoms with Crippen molar-refractivity contribution in [1.82, 2.24) is 5.32 Å². The predicted molar refractivity (Wildman–Crippen MR) is 45.1 cm³/mol. The van der Waals surface area contributed by atoms with Crippen LogP contribution in [0.3, 0.4) is 0 Å². The maximum Gasteiger partial charge on any atom is 0.00926 e. The van der Waals surface area contributed by atoms with Crippen molar-refractivity contribution in [1.29, 1.82) is 0 Å². The van der Waals surface area contributed by atoms with Crippen LogP contribution in [0.4, 0.5) is 0 Å². The average Bonchev–Trinajstić information content (AvgIpc) is 2.31. The lowest BCUT2D eigenvalue weighted by atomic mass is 10.1. The van der Waals surface area contributed by atoms with E-state index in [0.717, 1.165) is 12.0 Å². The molecule has 0 spiro atoms. The van der Waals surface area contributed by atoms with Gasteiger partial charge in [0.15, 0.2) is 0 Å². The van der Waals surface area contributed by atoms with Gasteiger partial charge in [-0.1, -0.05) is 20.3 Å². The lowest BCUT2D eigenvalue weighted by molar-refractivity contribution is 0.428. The molecule has 60 valence electrons. The molecule has 0 aromatic carbocycles. The molecule has 1 nitrogen and oxygen atoms in total. The third kappa shape index (κ3) is 1.98. The molecule has 1 aliphatic rings. The van der Waals surface area contributed by atoms with Crippen LogP contribution in [0.2, 0.25) is 0 Å². The molecule has 0 unspecified atom stereocenters. The number of hydrogen-bond donors (Lipinski definition) is 1.